The summed E-state index contributed by atoms with van der Waals surface area (Å²) in [6.07, 6.45) is 13.5. The Labute approximate surface area is 242 Å². The molecule has 0 aromatic heterocycles. The average molecular weight is 574 g/mol. The molecule has 0 saturated heterocycles. The summed E-state index contributed by atoms with van der Waals surface area (Å²) < 4.78 is 26.9. The minimum absolute atomic E-state index is 0.0222. The van der Waals surface area contributed by atoms with Gasteiger partial charge in [0.05, 0.1) is 18.0 Å². The summed E-state index contributed by atoms with van der Waals surface area (Å²) in [6, 6.07) is 6.17. The van der Waals surface area contributed by atoms with Crippen LogP contribution in [0.25, 0.3) is 0 Å². The average Bonchev–Trinajstić information content (AvgIpc) is 3.16. The van der Waals surface area contributed by atoms with Crippen molar-refractivity contribution in [1.29, 1.82) is 0 Å². The van der Waals surface area contributed by atoms with Crippen molar-refractivity contribution in [3.63, 3.8) is 0 Å². The van der Waals surface area contributed by atoms with Crippen molar-refractivity contribution in [3.05, 3.63) is 46.5 Å². The lowest BCUT2D eigenvalue weighted by Gasteiger charge is -2.45. The second-order valence-corrected chi connectivity index (χ2v) is 15.2. The Morgan fingerprint density at radius 1 is 1.10 bits per heavy atom. The van der Waals surface area contributed by atoms with E-state index in [2.05, 4.69) is 32.1 Å². The van der Waals surface area contributed by atoms with Gasteiger partial charge in [0.2, 0.25) is 10.0 Å². The van der Waals surface area contributed by atoms with Gasteiger partial charge in [-0.1, -0.05) is 56.9 Å². The second kappa shape index (κ2) is 12.8. The van der Waals surface area contributed by atoms with Gasteiger partial charge in [0, 0.05) is 30.0 Å². The number of Topliss-reactive ketones (excluding diaryl/α,β-unsaturated/α-hetero) is 1. The van der Waals surface area contributed by atoms with Crippen LogP contribution < -0.4 is 0 Å². The molecule has 0 amide bonds. The normalized spacial score (nSPS) is 30.6. The molecule has 0 radical (unpaired) electrons. The molecule has 6 nitrogen and oxygen atoms in total. The van der Waals surface area contributed by atoms with Crippen molar-refractivity contribution >= 4 is 15.8 Å². The molecule has 0 heterocycles. The van der Waals surface area contributed by atoms with Gasteiger partial charge in [-0.2, -0.15) is 4.31 Å². The van der Waals surface area contributed by atoms with Crippen LogP contribution in [-0.4, -0.2) is 59.8 Å². The predicted molar refractivity (Wildman–Crippen MR) is 161 cm³/mol. The Morgan fingerprint density at radius 2 is 1.82 bits per heavy atom. The molecule has 5 rings (SSSR count). The molecule has 0 aliphatic heterocycles. The molecule has 4 aliphatic rings. The van der Waals surface area contributed by atoms with Crippen molar-refractivity contribution in [3.8, 4) is 0 Å². The molecule has 4 aliphatic carbocycles. The Morgan fingerprint density at radius 3 is 2.50 bits per heavy atom. The minimum atomic E-state index is -3.48. The number of fused-ring (bicyclic) bond motifs is 8. The van der Waals surface area contributed by atoms with E-state index < -0.39 is 27.1 Å². The van der Waals surface area contributed by atoms with E-state index in [0.29, 0.717) is 45.1 Å². The number of carbonyl (C=O) groups excluding carboxylic acids is 1. The number of aliphatic hydroxyl groups is 2. The highest BCUT2D eigenvalue weighted by atomic mass is 32.2. The molecular weight excluding hydrogens is 522 g/mol. The van der Waals surface area contributed by atoms with Crippen LogP contribution in [0.4, 0.5) is 0 Å². The van der Waals surface area contributed by atoms with Crippen molar-refractivity contribution in [2.75, 3.05) is 19.3 Å². The Kier molecular flexibility index (Phi) is 10.0. The zero-order valence-corrected chi connectivity index (χ0v) is 25.9. The van der Waals surface area contributed by atoms with Crippen molar-refractivity contribution < 1.29 is 23.4 Å². The van der Waals surface area contributed by atoms with E-state index in [9.17, 15) is 23.4 Å². The SMILES string of the molecule is CCCN(CC1(O)CCC2c3ccc(cc3C(=O)C3CCCCC3)CC(O)CCC(C)=CCCC21C)S(C)(=O)=O. The molecule has 40 heavy (non-hydrogen) atoms. The lowest BCUT2D eigenvalue weighted by atomic mass is 9.64. The summed E-state index contributed by atoms with van der Waals surface area (Å²) in [5.41, 5.74) is 2.13. The van der Waals surface area contributed by atoms with Crippen LogP contribution in [0.15, 0.2) is 29.8 Å². The molecule has 0 spiro atoms. The lowest BCUT2D eigenvalue weighted by Crippen LogP contribution is -2.53. The number of nitrogens with zero attached hydrogens (tertiary/aromatic N) is 1. The van der Waals surface area contributed by atoms with E-state index in [0.717, 1.165) is 55.2 Å². The standard InChI is InChI=1S/C33H51NO5S/c1-5-20-34(40(4,38)39)23-33(37)19-17-30-28-16-14-25(22-29(28)31(36)26-11-7-6-8-12-26)21-27(35)15-13-24(2)10-9-18-32(30,33)3/h10,14,16,22,26-27,30,35,37H,5-9,11-13,15,17-21,23H2,1-4H3. The predicted octanol–water partition coefficient (Wildman–Crippen LogP) is 6.16. The summed E-state index contributed by atoms with van der Waals surface area (Å²) in [5.74, 6) is 0.156. The highest BCUT2D eigenvalue weighted by molar-refractivity contribution is 7.88. The van der Waals surface area contributed by atoms with E-state index in [-0.39, 0.29) is 24.2 Å². The Bertz CT molecular complexity index is 1190. The number of sulfonamides is 1. The summed E-state index contributed by atoms with van der Waals surface area (Å²) in [5, 5.41) is 23.2. The van der Waals surface area contributed by atoms with E-state index in [1.54, 1.807) is 0 Å². The van der Waals surface area contributed by atoms with Crippen LogP contribution in [0.1, 0.15) is 125 Å². The number of hydrogen-bond acceptors (Lipinski definition) is 5. The van der Waals surface area contributed by atoms with Crippen LogP contribution in [0.2, 0.25) is 0 Å². The topological polar surface area (TPSA) is 94.9 Å². The third kappa shape index (κ3) is 6.74. The van der Waals surface area contributed by atoms with Crippen LogP contribution >= 0.6 is 0 Å². The quantitative estimate of drug-likeness (QED) is 0.301. The van der Waals surface area contributed by atoms with Gasteiger partial charge in [-0.15, -0.1) is 0 Å². The van der Waals surface area contributed by atoms with Crippen molar-refractivity contribution in [1.82, 2.24) is 4.31 Å². The number of ketones is 1. The van der Waals surface area contributed by atoms with Crippen LogP contribution in [-0.2, 0) is 16.4 Å². The highest BCUT2D eigenvalue weighted by Crippen LogP contribution is 2.59. The van der Waals surface area contributed by atoms with Gasteiger partial charge in [-0.05, 0) is 94.2 Å². The van der Waals surface area contributed by atoms with Gasteiger partial charge < -0.3 is 10.2 Å². The van der Waals surface area contributed by atoms with Crippen molar-refractivity contribution in [2.24, 2.45) is 11.3 Å². The third-order valence-electron chi connectivity index (χ3n) is 10.3. The van der Waals surface area contributed by atoms with Gasteiger partial charge in [0.1, 0.15) is 0 Å². The number of benzene rings is 1. The molecular formula is C33H51NO5S. The molecule has 2 N–H and O–H groups in total. The zero-order valence-electron chi connectivity index (χ0n) is 25.1. The summed E-state index contributed by atoms with van der Waals surface area (Å²) in [7, 11) is -3.48. The van der Waals surface area contributed by atoms with Gasteiger partial charge in [0.25, 0.3) is 0 Å². The summed E-state index contributed by atoms with van der Waals surface area (Å²) >= 11 is 0. The summed E-state index contributed by atoms with van der Waals surface area (Å²) in [4.78, 5) is 14.1. The van der Waals surface area contributed by atoms with E-state index in [1.165, 1.54) is 22.6 Å². The van der Waals surface area contributed by atoms with Gasteiger partial charge >= 0.3 is 0 Å². The first kappa shape index (κ1) is 31.4. The maximum absolute atomic E-state index is 14.1. The number of hydrogen-bond donors (Lipinski definition) is 2. The number of rotatable bonds is 7. The molecule has 2 saturated carbocycles. The zero-order chi connectivity index (χ0) is 29.1. The number of allylic oxidation sites excluding steroid dienone is 2. The molecule has 2 fully saturated rings. The Balaban J connectivity index is 1.82. The van der Waals surface area contributed by atoms with Crippen molar-refractivity contribution in [2.45, 2.75) is 122 Å². The first-order chi connectivity index (χ1) is 18.9. The molecule has 1 aromatic rings. The first-order valence-corrected chi connectivity index (χ1v) is 17.4. The highest BCUT2D eigenvalue weighted by Gasteiger charge is 2.57. The Hall–Kier alpha value is -1.54. The monoisotopic (exact) mass is 573 g/mol. The molecule has 4 atom stereocenters. The van der Waals surface area contributed by atoms with Gasteiger partial charge in [-0.3, -0.25) is 4.79 Å². The largest absolute Gasteiger partial charge is 0.393 e. The fourth-order valence-electron chi connectivity index (χ4n) is 7.70. The van der Waals surface area contributed by atoms with E-state index in [1.807, 2.05) is 13.0 Å². The first-order valence-electron chi connectivity index (χ1n) is 15.6. The van der Waals surface area contributed by atoms with Crippen LogP contribution in [0.3, 0.4) is 0 Å². The maximum Gasteiger partial charge on any atom is 0.211 e. The molecule has 2 bridgehead atoms. The second-order valence-electron chi connectivity index (χ2n) is 13.2. The summed E-state index contributed by atoms with van der Waals surface area (Å²) in [6.45, 7) is 6.63. The van der Waals surface area contributed by atoms with Gasteiger partial charge in [0.15, 0.2) is 5.78 Å². The smallest absolute Gasteiger partial charge is 0.211 e. The van der Waals surface area contributed by atoms with Gasteiger partial charge in [-0.25, -0.2) is 8.42 Å². The fourth-order valence-corrected chi connectivity index (χ4v) is 8.66. The third-order valence-corrected chi connectivity index (χ3v) is 11.5. The molecule has 7 heteroatoms. The molecule has 224 valence electrons. The lowest BCUT2D eigenvalue weighted by molar-refractivity contribution is -0.0723. The minimum Gasteiger partial charge on any atom is -0.393 e. The van der Waals surface area contributed by atoms with E-state index >= 15 is 0 Å². The van der Waals surface area contributed by atoms with Crippen LogP contribution in [0.5, 0.6) is 0 Å². The molecule has 1 aromatic carbocycles. The number of aliphatic hydroxyl groups excluding tert-OH is 1. The van der Waals surface area contributed by atoms with Crippen LogP contribution in [0, 0.1) is 11.3 Å². The van der Waals surface area contributed by atoms with E-state index in [4.69, 9.17) is 0 Å². The fraction of sp³-hybridized carbons (Fsp3) is 0.727. The molecule has 4 unspecified atom stereocenters. The number of carbonyl (C=O) groups is 1. The maximum atomic E-state index is 14.1.